The molecule has 0 radical (unpaired) electrons. The van der Waals surface area contributed by atoms with Gasteiger partial charge in [-0.25, -0.2) is 4.99 Å². The van der Waals surface area contributed by atoms with Crippen molar-refractivity contribution in [3.63, 3.8) is 0 Å². The first-order valence-corrected chi connectivity index (χ1v) is 11.5. The highest BCUT2D eigenvalue weighted by Crippen LogP contribution is 2.30. The molecule has 1 aliphatic heterocycles. The Morgan fingerprint density at radius 2 is 2.00 bits per heavy atom. The third-order valence-electron chi connectivity index (χ3n) is 5.53. The van der Waals surface area contributed by atoms with Crippen LogP contribution in [0.25, 0.3) is 0 Å². The maximum absolute atomic E-state index is 11.5. The number of fused-ring (bicyclic) bond motifs is 1. The summed E-state index contributed by atoms with van der Waals surface area (Å²) in [5, 5.41) is 9.50. The summed E-state index contributed by atoms with van der Waals surface area (Å²) >= 11 is 0. The van der Waals surface area contributed by atoms with E-state index in [1.165, 1.54) is 12.8 Å². The SMILES string of the molecule is CCNC(=NCc1ccccc1OCC1CC1)NCCOc1ccc2c(c1)CCC(=O)N2. The number of para-hydroxylation sites is 1. The van der Waals surface area contributed by atoms with E-state index in [0.717, 1.165) is 59.8 Å². The molecule has 2 aliphatic rings. The fourth-order valence-electron chi connectivity index (χ4n) is 3.56. The number of aliphatic imine (C=N–C) groups is 1. The van der Waals surface area contributed by atoms with Crippen LogP contribution in [0.3, 0.4) is 0 Å². The monoisotopic (exact) mass is 436 g/mol. The van der Waals surface area contributed by atoms with Gasteiger partial charge in [0.2, 0.25) is 5.91 Å². The van der Waals surface area contributed by atoms with E-state index in [1.807, 2.05) is 43.3 Å². The topological polar surface area (TPSA) is 84.0 Å². The van der Waals surface area contributed by atoms with Crippen molar-refractivity contribution in [1.29, 1.82) is 0 Å². The number of rotatable bonds is 10. The van der Waals surface area contributed by atoms with Crippen molar-refractivity contribution < 1.29 is 14.3 Å². The number of carbonyl (C=O) groups excluding carboxylic acids is 1. The second-order valence-corrected chi connectivity index (χ2v) is 8.20. The second-order valence-electron chi connectivity index (χ2n) is 8.20. The summed E-state index contributed by atoms with van der Waals surface area (Å²) in [6.07, 6.45) is 3.83. The molecule has 0 saturated heterocycles. The van der Waals surface area contributed by atoms with Gasteiger partial charge >= 0.3 is 0 Å². The number of hydrogen-bond donors (Lipinski definition) is 3. The molecule has 1 saturated carbocycles. The number of nitrogens with zero attached hydrogens (tertiary/aromatic N) is 1. The van der Waals surface area contributed by atoms with Crippen molar-refractivity contribution in [2.24, 2.45) is 10.9 Å². The van der Waals surface area contributed by atoms with Gasteiger partial charge in [0.05, 0.1) is 19.7 Å². The average molecular weight is 437 g/mol. The van der Waals surface area contributed by atoms with Gasteiger partial charge in [0.15, 0.2) is 5.96 Å². The number of hydrogen-bond acceptors (Lipinski definition) is 4. The van der Waals surface area contributed by atoms with Crippen LogP contribution in [-0.2, 0) is 17.8 Å². The molecule has 0 aromatic heterocycles. The summed E-state index contributed by atoms with van der Waals surface area (Å²) in [7, 11) is 0. The van der Waals surface area contributed by atoms with Gasteiger partial charge in [0.1, 0.15) is 18.1 Å². The fraction of sp³-hybridized carbons (Fsp3) is 0.440. The molecular formula is C25H32N4O3. The highest BCUT2D eigenvalue weighted by molar-refractivity contribution is 5.94. The summed E-state index contributed by atoms with van der Waals surface area (Å²) in [6, 6.07) is 13.9. The minimum Gasteiger partial charge on any atom is -0.493 e. The summed E-state index contributed by atoms with van der Waals surface area (Å²) < 4.78 is 11.9. The van der Waals surface area contributed by atoms with Gasteiger partial charge < -0.3 is 25.4 Å². The Morgan fingerprint density at radius 1 is 1.12 bits per heavy atom. The van der Waals surface area contributed by atoms with E-state index >= 15 is 0 Å². The van der Waals surface area contributed by atoms with Gasteiger partial charge in [-0.1, -0.05) is 18.2 Å². The summed E-state index contributed by atoms with van der Waals surface area (Å²) in [4.78, 5) is 16.2. The summed E-state index contributed by atoms with van der Waals surface area (Å²) in [5.41, 5.74) is 3.09. The molecule has 1 aliphatic carbocycles. The maximum Gasteiger partial charge on any atom is 0.224 e. The lowest BCUT2D eigenvalue weighted by Gasteiger charge is -2.18. The van der Waals surface area contributed by atoms with Crippen LogP contribution in [0.5, 0.6) is 11.5 Å². The van der Waals surface area contributed by atoms with Crippen LogP contribution in [0.1, 0.15) is 37.3 Å². The molecule has 7 heteroatoms. The minimum atomic E-state index is 0.0720. The van der Waals surface area contributed by atoms with Crippen molar-refractivity contribution >= 4 is 17.6 Å². The largest absolute Gasteiger partial charge is 0.493 e. The lowest BCUT2D eigenvalue weighted by molar-refractivity contribution is -0.116. The lowest BCUT2D eigenvalue weighted by atomic mass is 10.0. The van der Waals surface area contributed by atoms with Crippen LogP contribution < -0.4 is 25.4 Å². The molecule has 32 heavy (non-hydrogen) atoms. The number of aryl methyl sites for hydroxylation is 1. The summed E-state index contributed by atoms with van der Waals surface area (Å²) in [5.74, 6) is 3.28. The van der Waals surface area contributed by atoms with Gasteiger partial charge in [0, 0.05) is 24.2 Å². The Kier molecular flexibility index (Phi) is 7.48. The van der Waals surface area contributed by atoms with Gasteiger partial charge in [0.25, 0.3) is 0 Å². The molecule has 2 aromatic carbocycles. The van der Waals surface area contributed by atoms with Crippen LogP contribution >= 0.6 is 0 Å². The van der Waals surface area contributed by atoms with Crippen LogP contribution in [-0.4, -0.2) is 38.2 Å². The third-order valence-corrected chi connectivity index (χ3v) is 5.53. The van der Waals surface area contributed by atoms with Crippen molar-refractivity contribution in [1.82, 2.24) is 10.6 Å². The molecule has 1 heterocycles. The smallest absolute Gasteiger partial charge is 0.224 e. The molecule has 170 valence electrons. The van der Waals surface area contributed by atoms with Crippen LogP contribution in [0.2, 0.25) is 0 Å². The molecule has 3 N–H and O–H groups in total. The Balaban J connectivity index is 1.26. The highest BCUT2D eigenvalue weighted by Gasteiger charge is 2.22. The minimum absolute atomic E-state index is 0.0720. The first-order valence-electron chi connectivity index (χ1n) is 11.5. The van der Waals surface area contributed by atoms with Crippen molar-refractivity contribution in [3.8, 4) is 11.5 Å². The number of benzene rings is 2. The average Bonchev–Trinajstić information content (AvgIpc) is 3.64. The first-order chi connectivity index (χ1) is 15.7. The van der Waals surface area contributed by atoms with Gasteiger partial charge in [-0.2, -0.15) is 0 Å². The standard InChI is InChI=1S/C25H32N4O3/c1-2-26-25(28-16-20-5-3-4-6-23(20)32-17-18-7-8-18)27-13-14-31-21-10-11-22-19(15-21)9-12-24(30)29-22/h3-6,10-11,15,18H,2,7-9,12-14,16-17H2,1H3,(H,29,30)(H2,26,27,28). The molecule has 0 atom stereocenters. The van der Waals surface area contributed by atoms with Crippen LogP contribution in [0.4, 0.5) is 5.69 Å². The first kappa shape index (κ1) is 22.0. The van der Waals surface area contributed by atoms with Crippen LogP contribution in [0, 0.1) is 5.92 Å². The molecule has 0 unspecified atom stereocenters. The van der Waals surface area contributed by atoms with E-state index in [-0.39, 0.29) is 5.91 Å². The van der Waals surface area contributed by atoms with Crippen molar-refractivity contribution in [3.05, 3.63) is 53.6 Å². The number of nitrogens with one attached hydrogen (secondary N) is 3. The molecule has 7 nitrogen and oxygen atoms in total. The van der Waals surface area contributed by atoms with E-state index in [1.54, 1.807) is 0 Å². The van der Waals surface area contributed by atoms with E-state index in [2.05, 4.69) is 22.0 Å². The number of carbonyl (C=O) groups is 1. The maximum atomic E-state index is 11.5. The summed E-state index contributed by atoms with van der Waals surface area (Å²) in [6.45, 7) is 5.31. The van der Waals surface area contributed by atoms with Crippen LogP contribution in [0.15, 0.2) is 47.5 Å². The quantitative estimate of drug-likeness (QED) is 0.302. The number of anilines is 1. The van der Waals surface area contributed by atoms with Gasteiger partial charge in [-0.3, -0.25) is 4.79 Å². The number of guanidine groups is 1. The zero-order valence-corrected chi connectivity index (χ0v) is 18.7. The fourth-order valence-corrected chi connectivity index (χ4v) is 3.56. The van der Waals surface area contributed by atoms with Crippen molar-refractivity contribution in [2.45, 2.75) is 39.2 Å². The predicted octanol–water partition coefficient (Wildman–Crippen LogP) is 3.49. The molecule has 0 spiro atoms. The van der Waals surface area contributed by atoms with E-state index < -0.39 is 0 Å². The number of ether oxygens (including phenoxy) is 2. The Labute approximate surface area is 189 Å². The van der Waals surface area contributed by atoms with Crippen molar-refractivity contribution in [2.75, 3.05) is 31.6 Å². The third kappa shape index (κ3) is 6.39. The van der Waals surface area contributed by atoms with Gasteiger partial charge in [-0.15, -0.1) is 0 Å². The molecule has 0 bridgehead atoms. The molecule has 2 aromatic rings. The zero-order valence-electron chi connectivity index (χ0n) is 18.7. The number of amides is 1. The van der Waals surface area contributed by atoms with E-state index in [0.29, 0.717) is 26.1 Å². The highest BCUT2D eigenvalue weighted by atomic mass is 16.5. The van der Waals surface area contributed by atoms with E-state index in [9.17, 15) is 4.79 Å². The molecule has 4 rings (SSSR count). The predicted molar refractivity (Wildman–Crippen MR) is 126 cm³/mol. The Hall–Kier alpha value is -3.22. The Morgan fingerprint density at radius 3 is 2.84 bits per heavy atom. The molecular weight excluding hydrogens is 404 g/mol. The normalized spacial score (nSPS) is 15.5. The molecule has 1 fully saturated rings. The lowest BCUT2D eigenvalue weighted by Crippen LogP contribution is -2.39. The van der Waals surface area contributed by atoms with Gasteiger partial charge in [-0.05, 0) is 61.9 Å². The second kappa shape index (κ2) is 10.9. The Bertz CT molecular complexity index is 956. The van der Waals surface area contributed by atoms with E-state index in [4.69, 9.17) is 14.5 Å². The molecule has 1 amide bonds. The zero-order chi connectivity index (χ0) is 22.2.